The van der Waals surface area contributed by atoms with E-state index in [0.29, 0.717) is 25.1 Å². The molecule has 3 aliphatic rings. The molecule has 6 nitrogen and oxygen atoms in total. The van der Waals surface area contributed by atoms with Gasteiger partial charge in [-0.25, -0.2) is 0 Å². The molecule has 0 spiro atoms. The van der Waals surface area contributed by atoms with E-state index < -0.39 is 11.9 Å². The maximum Gasteiger partial charge on any atom is 0.242 e. The molecule has 4 unspecified atom stereocenters. The number of amides is 2. The normalized spacial score (nSPS) is 37.5. The van der Waals surface area contributed by atoms with Gasteiger partial charge in [-0.3, -0.25) is 9.59 Å². The van der Waals surface area contributed by atoms with E-state index in [1.165, 1.54) is 19.3 Å². The molecule has 0 aromatic carbocycles. The first-order chi connectivity index (χ1) is 9.66. The molecule has 0 aromatic rings. The fourth-order valence-corrected chi connectivity index (χ4v) is 3.81. The van der Waals surface area contributed by atoms with Gasteiger partial charge in [-0.05, 0) is 25.2 Å². The van der Waals surface area contributed by atoms with Gasteiger partial charge in [0.15, 0.2) is 0 Å². The van der Waals surface area contributed by atoms with Crippen LogP contribution < -0.4 is 11.1 Å². The van der Waals surface area contributed by atoms with Gasteiger partial charge in [-0.1, -0.05) is 12.8 Å². The lowest BCUT2D eigenvalue weighted by molar-refractivity contribution is -0.148. The highest BCUT2D eigenvalue weighted by Crippen LogP contribution is 2.33. The number of hydrogen-bond acceptors (Lipinski definition) is 4. The SMILES string of the molecule is NC(=O)C1COCCN1C(=O)C1CC2CCCCC2N1. The van der Waals surface area contributed by atoms with Crippen LogP contribution in [0.4, 0.5) is 0 Å². The van der Waals surface area contributed by atoms with Crippen LogP contribution in [0, 0.1) is 5.92 Å². The first-order valence-corrected chi connectivity index (χ1v) is 7.60. The number of carbonyl (C=O) groups is 2. The zero-order chi connectivity index (χ0) is 14.1. The first-order valence-electron chi connectivity index (χ1n) is 7.60. The van der Waals surface area contributed by atoms with Crippen molar-refractivity contribution in [2.45, 2.75) is 50.2 Å². The van der Waals surface area contributed by atoms with Crippen molar-refractivity contribution in [3.8, 4) is 0 Å². The topological polar surface area (TPSA) is 84.7 Å². The summed E-state index contributed by atoms with van der Waals surface area (Å²) in [5.74, 6) is 0.158. The molecule has 3 N–H and O–H groups in total. The van der Waals surface area contributed by atoms with Gasteiger partial charge in [0.1, 0.15) is 6.04 Å². The standard InChI is InChI=1S/C14H23N3O3/c15-13(18)12-8-20-6-5-17(12)14(19)11-7-9-3-1-2-4-10(9)16-11/h9-12,16H,1-8H2,(H2,15,18). The average Bonchev–Trinajstić information content (AvgIpc) is 2.90. The predicted molar refractivity (Wildman–Crippen MR) is 72.8 cm³/mol. The number of nitrogens with zero attached hydrogens (tertiary/aromatic N) is 1. The highest BCUT2D eigenvalue weighted by Gasteiger charge is 2.42. The largest absolute Gasteiger partial charge is 0.377 e. The van der Waals surface area contributed by atoms with E-state index in [-0.39, 0.29) is 18.6 Å². The van der Waals surface area contributed by atoms with Crippen molar-refractivity contribution < 1.29 is 14.3 Å². The molecule has 6 heteroatoms. The Labute approximate surface area is 119 Å². The Morgan fingerprint density at radius 1 is 1.25 bits per heavy atom. The van der Waals surface area contributed by atoms with Crippen LogP contribution in [0.1, 0.15) is 32.1 Å². The summed E-state index contributed by atoms with van der Waals surface area (Å²) in [6.07, 6.45) is 5.79. The number of fused-ring (bicyclic) bond motifs is 1. The van der Waals surface area contributed by atoms with E-state index >= 15 is 0 Å². The summed E-state index contributed by atoms with van der Waals surface area (Å²) in [6, 6.07) is -0.283. The highest BCUT2D eigenvalue weighted by molar-refractivity contribution is 5.89. The molecule has 2 heterocycles. The van der Waals surface area contributed by atoms with E-state index in [9.17, 15) is 9.59 Å². The van der Waals surface area contributed by atoms with Crippen molar-refractivity contribution in [3.63, 3.8) is 0 Å². The maximum atomic E-state index is 12.7. The summed E-state index contributed by atoms with van der Waals surface area (Å²) in [5, 5.41) is 3.47. The second kappa shape index (κ2) is 5.69. The Morgan fingerprint density at radius 3 is 2.80 bits per heavy atom. The van der Waals surface area contributed by atoms with Gasteiger partial charge in [-0.15, -0.1) is 0 Å². The van der Waals surface area contributed by atoms with Gasteiger partial charge >= 0.3 is 0 Å². The second-order valence-corrected chi connectivity index (χ2v) is 6.13. The van der Waals surface area contributed by atoms with E-state index in [1.807, 2.05) is 0 Å². The minimum atomic E-state index is -0.610. The highest BCUT2D eigenvalue weighted by atomic mass is 16.5. The zero-order valence-electron chi connectivity index (χ0n) is 11.7. The molecule has 2 saturated heterocycles. The van der Waals surface area contributed by atoms with E-state index in [4.69, 9.17) is 10.5 Å². The number of nitrogens with one attached hydrogen (secondary N) is 1. The molecule has 0 radical (unpaired) electrons. The van der Waals surface area contributed by atoms with E-state index in [1.54, 1.807) is 4.90 Å². The molecule has 3 fully saturated rings. The van der Waals surface area contributed by atoms with Gasteiger partial charge in [0.2, 0.25) is 11.8 Å². The number of nitrogens with two attached hydrogens (primary N) is 1. The fourth-order valence-electron chi connectivity index (χ4n) is 3.81. The lowest BCUT2D eigenvalue weighted by Crippen LogP contribution is -2.58. The fraction of sp³-hybridized carbons (Fsp3) is 0.857. The summed E-state index contributed by atoms with van der Waals surface area (Å²) in [4.78, 5) is 25.7. The van der Waals surface area contributed by atoms with Crippen molar-refractivity contribution in [2.75, 3.05) is 19.8 Å². The quantitative estimate of drug-likeness (QED) is 0.722. The molecule has 1 saturated carbocycles. The Morgan fingerprint density at radius 2 is 2.05 bits per heavy atom. The number of ether oxygens (including phenoxy) is 1. The van der Waals surface area contributed by atoms with Crippen LogP contribution in [-0.2, 0) is 14.3 Å². The van der Waals surface area contributed by atoms with Crippen LogP contribution in [-0.4, -0.2) is 54.6 Å². The summed E-state index contributed by atoms with van der Waals surface area (Å²) in [6.45, 7) is 1.16. The van der Waals surface area contributed by atoms with Gasteiger partial charge in [0.25, 0.3) is 0 Å². The smallest absolute Gasteiger partial charge is 0.242 e. The molecule has 2 amide bonds. The van der Waals surface area contributed by atoms with Crippen molar-refractivity contribution in [2.24, 2.45) is 11.7 Å². The third-order valence-corrected chi connectivity index (χ3v) is 4.90. The molecular formula is C14H23N3O3. The third kappa shape index (κ3) is 2.54. The third-order valence-electron chi connectivity index (χ3n) is 4.90. The number of carbonyl (C=O) groups excluding carboxylic acids is 2. The number of hydrogen-bond donors (Lipinski definition) is 2. The number of morpholine rings is 1. The van der Waals surface area contributed by atoms with Gasteiger partial charge in [-0.2, -0.15) is 0 Å². The van der Waals surface area contributed by atoms with Gasteiger partial charge in [0, 0.05) is 12.6 Å². The Bertz CT molecular complexity index is 387. The summed E-state index contributed by atoms with van der Waals surface area (Å²) >= 11 is 0. The molecule has 0 aromatic heterocycles. The van der Waals surface area contributed by atoms with Crippen molar-refractivity contribution in [1.29, 1.82) is 0 Å². The van der Waals surface area contributed by atoms with E-state index in [2.05, 4.69) is 5.32 Å². The first kappa shape index (κ1) is 13.8. The molecule has 0 bridgehead atoms. The predicted octanol–water partition coefficient (Wildman–Crippen LogP) is -0.380. The van der Waals surface area contributed by atoms with Crippen LogP contribution in [0.25, 0.3) is 0 Å². The molecule has 4 atom stereocenters. The summed E-state index contributed by atoms with van der Waals surface area (Å²) in [7, 11) is 0. The Hall–Kier alpha value is -1.14. The molecule has 112 valence electrons. The van der Waals surface area contributed by atoms with E-state index in [0.717, 1.165) is 12.8 Å². The molecule has 20 heavy (non-hydrogen) atoms. The van der Waals surface area contributed by atoms with Crippen molar-refractivity contribution >= 4 is 11.8 Å². The lowest BCUT2D eigenvalue weighted by Gasteiger charge is -2.35. The molecule has 1 aliphatic carbocycles. The average molecular weight is 281 g/mol. The lowest BCUT2D eigenvalue weighted by atomic mass is 9.85. The summed E-state index contributed by atoms with van der Waals surface area (Å²) in [5.41, 5.74) is 5.38. The van der Waals surface area contributed by atoms with Gasteiger partial charge in [0.05, 0.1) is 19.3 Å². The van der Waals surface area contributed by atoms with Crippen LogP contribution in [0.3, 0.4) is 0 Å². The summed E-state index contributed by atoms with van der Waals surface area (Å²) < 4.78 is 5.27. The second-order valence-electron chi connectivity index (χ2n) is 6.13. The number of rotatable bonds is 2. The van der Waals surface area contributed by atoms with Crippen LogP contribution in [0.5, 0.6) is 0 Å². The van der Waals surface area contributed by atoms with Crippen LogP contribution in [0.2, 0.25) is 0 Å². The van der Waals surface area contributed by atoms with Crippen LogP contribution >= 0.6 is 0 Å². The molecule has 3 rings (SSSR count). The Kier molecular flexibility index (Phi) is 3.94. The van der Waals surface area contributed by atoms with Crippen LogP contribution in [0.15, 0.2) is 0 Å². The minimum absolute atomic E-state index is 0.0199. The molecular weight excluding hydrogens is 258 g/mol. The minimum Gasteiger partial charge on any atom is -0.377 e. The zero-order valence-corrected chi connectivity index (χ0v) is 11.7. The van der Waals surface area contributed by atoms with Crippen molar-refractivity contribution in [3.05, 3.63) is 0 Å². The monoisotopic (exact) mass is 281 g/mol. The maximum absolute atomic E-state index is 12.7. The van der Waals surface area contributed by atoms with Gasteiger partial charge < -0.3 is 20.7 Å². The Balaban J connectivity index is 1.67. The molecule has 2 aliphatic heterocycles. The number of primary amides is 1. The van der Waals surface area contributed by atoms with Crippen molar-refractivity contribution in [1.82, 2.24) is 10.2 Å².